The summed E-state index contributed by atoms with van der Waals surface area (Å²) >= 11 is 7.21. The molecule has 6 nitrogen and oxygen atoms in total. The fourth-order valence-electron chi connectivity index (χ4n) is 3.70. The van der Waals surface area contributed by atoms with Crippen molar-refractivity contribution in [3.8, 4) is 5.75 Å². The van der Waals surface area contributed by atoms with Gasteiger partial charge in [0.25, 0.3) is 5.91 Å². The number of amidine groups is 1. The van der Waals surface area contributed by atoms with Crippen LogP contribution in [0.15, 0.2) is 53.5 Å². The predicted molar refractivity (Wildman–Crippen MR) is 126 cm³/mol. The van der Waals surface area contributed by atoms with Crippen LogP contribution in [0.3, 0.4) is 0 Å². The van der Waals surface area contributed by atoms with Gasteiger partial charge in [-0.25, -0.2) is 8.42 Å². The zero-order valence-corrected chi connectivity index (χ0v) is 19.6. The highest BCUT2D eigenvalue weighted by molar-refractivity contribution is 8.16. The van der Waals surface area contributed by atoms with Crippen LogP contribution in [0.5, 0.6) is 5.75 Å². The minimum absolute atomic E-state index is 0.0606. The van der Waals surface area contributed by atoms with E-state index in [2.05, 4.69) is 18.8 Å². The first-order valence-electron chi connectivity index (χ1n) is 9.98. The minimum Gasteiger partial charge on any atom is -0.484 e. The summed E-state index contributed by atoms with van der Waals surface area (Å²) in [4.78, 5) is 18.7. The first kappa shape index (κ1) is 22.2. The van der Waals surface area contributed by atoms with Gasteiger partial charge in [0, 0.05) is 16.0 Å². The molecule has 2 heterocycles. The molecular formula is C22H23ClN2O4S2. The van der Waals surface area contributed by atoms with Gasteiger partial charge < -0.3 is 9.64 Å². The summed E-state index contributed by atoms with van der Waals surface area (Å²) in [5.41, 5.74) is 2.03. The standard InChI is InChI=1S/C22H23ClN2O4S2/c1-14(2)15-3-7-17(8-4-15)25-19-12-31(27,28)13-20(19)30-22(25)24-21(26)11-29-18-9-5-16(23)6-10-18/h3-10,14,19-20H,11-13H2,1-2H3/t19-,20+/m1/s1. The van der Waals surface area contributed by atoms with Crippen LogP contribution in [0.25, 0.3) is 0 Å². The van der Waals surface area contributed by atoms with Crippen molar-refractivity contribution in [2.24, 2.45) is 4.99 Å². The lowest BCUT2D eigenvalue weighted by molar-refractivity contribution is -0.119. The Hall–Kier alpha value is -2.03. The summed E-state index contributed by atoms with van der Waals surface area (Å²) in [6.45, 7) is 4.03. The number of hydrogen-bond donors (Lipinski definition) is 0. The van der Waals surface area contributed by atoms with E-state index in [1.807, 2.05) is 29.2 Å². The number of benzene rings is 2. The molecule has 2 aromatic carbocycles. The zero-order chi connectivity index (χ0) is 22.2. The fraction of sp³-hybridized carbons (Fsp3) is 0.364. The van der Waals surface area contributed by atoms with Crippen LogP contribution in [0.1, 0.15) is 25.3 Å². The maximum absolute atomic E-state index is 12.5. The molecule has 1 amide bonds. The van der Waals surface area contributed by atoms with Crippen molar-refractivity contribution in [3.63, 3.8) is 0 Å². The normalized spacial score (nSPS) is 23.4. The number of rotatable bonds is 5. The first-order valence-corrected chi connectivity index (χ1v) is 13.1. The smallest absolute Gasteiger partial charge is 0.285 e. The van der Waals surface area contributed by atoms with Gasteiger partial charge >= 0.3 is 0 Å². The molecule has 0 saturated carbocycles. The summed E-state index contributed by atoms with van der Waals surface area (Å²) in [5, 5.41) is 0.965. The first-order chi connectivity index (χ1) is 14.7. The monoisotopic (exact) mass is 478 g/mol. The van der Waals surface area contributed by atoms with E-state index in [0.29, 0.717) is 21.9 Å². The Balaban J connectivity index is 1.55. The third kappa shape index (κ3) is 5.07. The maximum Gasteiger partial charge on any atom is 0.285 e. The molecule has 0 bridgehead atoms. The lowest BCUT2D eigenvalue weighted by Crippen LogP contribution is -2.37. The van der Waals surface area contributed by atoms with Gasteiger partial charge in [-0.05, 0) is 47.9 Å². The molecule has 2 fully saturated rings. The van der Waals surface area contributed by atoms with Crippen LogP contribution in [0, 0.1) is 0 Å². The molecule has 2 aliphatic heterocycles. The molecule has 2 atom stereocenters. The highest BCUT2D eigenvalue weighted by Crippen LogP contribution is 2.41. The Bertz CT molecular complexity index is 1100. The van der Waals surface area contributed by atoms with Crippen molar-refractivity contribution in [2.45, 2.75) is 31.1 Å². The molecule has 0 N–H and O–H groups in total. The number of hydrogen-bond acceptors (Lipinski definition) is 5. The van der Waals surface area contributed by atoms with E-state index in [0.717, 1.165) is 5.69 Å². The van der Waals surface area contributed by atoms with Gasteiger partial charge in [0.1, 0.15) is 5.75 Å². The Morgan fingerprint density at radius 1 is 1.16 bits per heavy atom. The number of amides is 1. The number of halogens is 1. The van der Waals surface area contributed by atoms with Crippen molar-refractivity contribution >= 4 is 50.0 Å². The summed E-state index contributed by atoms with van der Waals surface area (Å²) in [6.07, 6.45) is 0. The Kier molecular flexibility index (Phi) is 6.32. The Morgan fingerprint density at radius 2 is 1.84 bits per heavy atom. The number of sulfone groups is 1. The van der Waals surface area contributed by atoms with E-state index in [9.17, 15) is 13.2 Å². The van der Waals surface area contributed by atoms with Gasteiger partial charge in [-0.2, -0.15) is 4.99 Å². The summed E-state index contributed by atoms with van der Waals surface area (Å²) in [7, 11) is -3.11. The summed E-state index contributed by atoms with van der Waals surface area (Å²) in [5.74, 6) is 0.647. The van der Waals surface area contributed by atoms with Crippen LogP contribution in [0.2, 0.25) is 5.02 Å². The summed E-state index contributed by atoms with van der Waals surface area (Å²) < 4.78 is 29.9. The van der Waals surface area contributed by atoms with E-state index in [4.69, 9.17) is 16.3 Å². The molecule has 0 aliphatic carbocycles. The quantitative estimate of drug-likeness (QED) is 0.642. The molecule has 0 spiro atoms. The van der Waals surface area contributed by atoms with Crippen LogP contribution >= 0.6 is 23.4 Å². The average Bonchev–Trinajstić information content (AvgIpc) is 3.18. The van der Waals surface area contributed by atoms with Crippen molar-refractivity contribution in [1.29, 1.82) is 0 Å². The van der Waals surface area contributed by atoms with E-state index >= 15 is 0 Å². The second-order valence-corrected chi connectivity index (χ2v) is 11.7. The highest BCUT2D eigenvalue weighted by atomic mass is 35.5. The molecule has 4 rings (SSSR count). The van der Waals surface area contributed by atoms with Crippen LogP contribution in [0.4, 0.5) is 5.69 Å². The number of carbonyl (C=O) groups excluding carboxylic acids is 1. The number of fused-ring (bicyclic) bond motifs is 1. The van der Waals surface area contributed by atoms with E-state index in [1.54, 1.807) is 24.3 Å². The molecule has 164 valence electrons. The van der Waals surface area contributed by atoms with Gasteiger partial charge in [-0.1, -0.05) is 49.3 Å². The van der Waals surface area contributed by atoms with Gasteiger partial charge in [0.2, 0.25) is 0 Å². The van der Waals surface area contributed by atoms with E-state index in [1.165, 1.54) is 17.3 Å². The number of carbonyl (C=O) groups is 1. The molecule has 2 aliphatic rings. The molecule has 0 unspecified atom stereocenters. The zero-order valence-electron chi connectivity index (χ0n) is 17.2. The lowest BCUT2D eigenvalue weighted by Gasteiger charge is -2.25. The maximum atomic E-state index is 12.5. The van der Waals surface area contributed by atoms with Crippen molar-refractivity contribution in [1.82, 2.24) is 0 Å². The molecule has 0 radical (unpaired) electrons. The van der Waals surface area contributed by atoms with Gasteiger partial charge in [-0.15, -0.1) is 0 Å². The summed E-state index contributed by atoms with van der Waals surface area (Å²) in [6, 6.07) is 14.5. The van der Waals surface area contributed by atoms with Crippen molar-refractivity contribution in [3.05, 3.63) is 59.1 Å². The minimum atomic E-state index is -3.11. The number of ether oxygens (including phenoxy) is 1. The van der Waals surface area contributed by atoms with Crippen LogP contribution in [-0.2, 0) is 14.6 Å². The number of nitrogens with zero attached hydrogens (tertiary/aromatic N) is 2. The van der Waals surface area contributed by atoms with Gasteiger partial charge in [0.15, 0.2) is 21.6 Å². The highest BCUT2D eigenvalue weighted by Gasteiger charge is 2.49. The number of thioether (sulfide) groups is 1. The second-order valence-electron chi connectivity index (χ2n) is 7.95. The number of anilines is 1. The van der Waals surface area contributed by atoms with Crippen molar-refractivity contribution in [2.75, 3.05) is 23.0 Å². The molecule has 2 saturated heterocycles. The topological polar surface area (TPSA) is 76.0 Å². The van der Waals surface area contributed by atoms with Gasteiger partial charge in [0.05, 0.1) is 17.5 Å². The lowest BCUT2D eigenvalue weighted by atomic mass is 10.0. The average molecular weight is 479 g/mol. The fourth-order valence-corrected chi connectivity index (χ4v) is 7.76. The second kappa shape index (κ2) is 8.84. The van der Waals surface area contributed by atoms with Gasteiger partial charge in [-0.3, -0.25) is 4.79 Å². The third-order valence-electron chi connectivity index (χ3n) is 5.30. The SMILES string of the molecule is CC(C)c1ccc(N2C(=NC(=O)COc3ccc(Cl)cc3)S[C@H]3CS(=O)(=O)C[C@H]32)cc1. The van der Waals surface area contributed by atoms with Crippen LogP contribution < -0.4 is 9.64 Å². The molecule has 0 aromatic heterocycles. The van der Waals surface area contributed by atoms with Crippen molar-refractivity contribution < 1.29 is 17.9 Å². The van der Waals surface area contributed by atoms with E-state index < -0.39 is 15.7 Å². The largest absolute Gasteiger partial charge is 0.484 e. The Morgan fingerprint density at radius 3 is 2.48 bits per heavy atom. The molecular weight excluding hydrogens is 456 g/mol. The molecule has 2 aromatic rings. The molecule has 9 heteroatoms. The number of aliphatic imine (C=N–C) groups is 1. The molecule has 31 heavy (non-hydrogen) atoms. The van der Waals surface area contributed by atoms with Crippen LogP contribution in [-0.4, -0.2) is 48.9 Å². The third-order valence-corrected chi connectivity index (χ3v) is 8.76. The Labute approximate surface area is 191 Å². The van der Waals surface area contributed by atoms with E-state index in [-0.39, 0.29) is 29.4 Å². The predicted octanol–water partition coefficient (Wildman–Crippen LogP) is 4.14.